The molecule has 0 aliphatic carbocycles. The molecule has 1 unspecified atom stereocenters. The van der Waals surface area contributed by atoms with E-state index >= 15 is 0 Å². The van der Waals surface area contributed by atoms with Crippen LogP contribution < -0.4 is 0 Å². The first-order valence-corrected chi connectivity index (χ1v) is 8.93. The molecule has 1 saturated heterocycles. The van der Waals surface area contributed by atoms with Gasteiger partial charge in [-0.05, 0) is 56.5 Å². The van der Waals surface area contributed by atoms with Crippen LogP contribution in [-0.4, -0.2) is 58.5 Å². The van der Waals surface area contributed by atoms with Crippen molar-refractivity contribution in [2.45, 2.75) is 27.2 Å². The molecular weight excluding hydrogens is 346 g/mol. The molecule has 7 heteroatoms. The molecule has 27 heavy (non-hydrogen) atoms. The van der Waals surface area contributed by atoms with Crippen LogP contribution in [0.2, 0.25) is 0 Å². The van der Waals surface area contributed by atoms with Gasteiger partial charge >= 0.3 is 5.97 Å². The van der Waals surface area contributed by atoms with Crippen molar-refractivity contribution in [2.75, 3.05) is 26.8 Å². The Morgan fingerprint density at radius 2 is 1.85 bits per heavy atom. The number of nitrogens with zero attached hydrogens (tertiary/aromatic N) is 3. The lowest BCUT2D eigenvalue weighted by Gasteiger charge is -2.23. The van der Waals surface area contributed by atoms with Crippen LogP contribution in [0.4, 0.5) is 0 Å². The monoisotopic (exact) mass is 371 g/mol. The number of carboxylic acids is 1. The summed E-state index contributed by atoms with van der Waals surface area (Å²) in [6, 6.07) is 7.87. The van der Waals surface area contributed by atoms with Crippen LogP contribution in [0.25, 0.3) is 5.69 Å². The molecule has 1 aliphatic heterocycles. The SMILES string of the molecule is COCC1(C(=O)O)CCN(C(=O)c2cc(C)n(-c3cc(C)cc(C)c3)n2)C1. The second-order valence-electron chi connectivity index (χ2n) is 7.42. The van der Waals surface area contributed by atoms with E-state index < -0.39 is 11.4 Å². The van der Waals surface area contributed by atoms with Crippen LogP contribution in [-0.2, 0) is 9.53 Å². The number of likely N-dealkylation sites (tertiary alicyclic amines) is 1. The summed E-state index contributed by atoms with van der Waals surface area (Å²) < 4.78 is 6.84. The van der Waals surface area contributed by atoms with Gasteiger partial charge in [0.1, 0.15) is 5.41 Å². The molecule has 1 fully saturated rings. The summed E-state index contributed by atoms with van der Waals surface area (Å²) in [6.07, 6.45) is 0.374. The van der Waals surface area contributed by atoms with E-state index in [2.05, 4.69) is 11.2 Å². The van der Waals surface area contributed by atoms with E-state index in [1.807, 2.05) is 32.9 Å². The lowest BCUT2D eigenvalue weighted by atomic mass is 9.88. The van der Waals surface area contributed by atoms with Gasteiger partial charge in [-0.3, -0.25) is 9.59 Å². The van der Waals surface area contributed by atoms with E-state index in [1.165, 1.54) is 7.11 Å². The number of carbonyl (C=O) groups is 2. The van der Waals surface area contributed by atoms with Crippen LogP contribution in [0.5, 0.6) is 0 Å². The molecule has 2 heterocycles. The summed E-state index contributed by atoms with van der Waals surface area (Å²) >= 11 is 0. The summed E-state index contributed by atoms with van der Waals surface area (Å²) in [7, 11) is 1.48. The van der Waals surface area contributed by atoms with Gasteiger partial charge in [0.05, 0.1) is 12.3 Å². The highest BCUT2D eigenvalue weighted by Crippen LogP contribution is 2.32. The topological polar surface area (TPSA) is 84.7 Å². The van der Waals surface area contributed by atoms with Crippen molar-refractivity contribution in [3.05, 3.63) is 46.8 Å². The summed E-state index contributed by atoms with van der Waals surface area (Å²) in [5.74, 6) is -1.18. The number of rotatable bonds is 5. The molecule has 0 spiro atoms. The van der Waals surface area contributed by atoms with Crippen molar-refractivity contribution >= 4 is 11.9 Å². The molecule has 1 N–H and O–H groups in total. The largest absolute Gasteiger partial charge is 0.481 e. The smallest absolute Gasteiger partial charge is 0.313 e. The van der Waals surface area contributed by atoms with Crippen LogP contribution in [0.15, 0.2) is 24.3 Å². The number of aromatic nitrogens is 2. The van der Waals surface area contributed by atoms with Gasteiger partial charge in [-0.15, -0.1) is 0 Å². The average Bonchev–Trinajstić information content (AvgIpc) is 3.19. The molecule has 7 nitrogen and oxygen atoms in total. The van der Waals surface area contributed by atoms with E-state index in [4.69, 9.17) is 4.74 Å². The molecule has 1 atom stereocenters. The number of ether oxygens (including phenoxy) is 1. The van der Waals surface area contributed by atoms with Crippen molar-refractivity contribution in [1.82, 2.24) is 14.7 Å². The third-order valence-electron chi connectivity index (χ3n) is 5.07. The number of aryl methyl sites for hydroxylation is 3. The standard InChI is InChI=1S/C20H25N3O4/c1-13-7-14(2)9-16(8-13)23-15(3)10-17(21-23)18(24)22-6-5-20(11-22,12-27-4)19(25)26/h7-10H,5-6,11-12H2,1-4H3,(H,25,26). The Balaban J connectivity index is 1.86. The second kappa shape index (κ2) is 7.15. The predicted octanol–water partition coefficient (Wildman–Crippen LogP) is 2.36. The van der Waals surface area contributed by atoms with E-state index in [9.17, 15) is 14.7 Å². The van der Waals surface area contributed by atoms with Gasteiger partial charge < -0.3 is 14.7 Å². The van der Waals surface area contributed by atoms with E-state index in [-0.39, 0.29) is 19.1 Å². The Labute approximate surface area is 158 Å². The number of carbonyl (C=O) groups excluding carboxylic acids is 1. The van der Waals surface area contributed by atoms with Crippen molar-refractivity contribution in [3.8, 4) is 5.69 Å². The first kappa shape index (κ1) is 19.1. The maximum atomic E-state index is 12.9. The molecule has 3 rings (SSSR count). The third-order valence-corrected chi connectivity index (χ3v) is 5.07. The van der Waals surface area contributed by atoms with Crippen LogP contribution in [0.1, 0.15) is 33.7 Å². The average molecular weight is 371 g/mol. The third kappa shape index (κ3) is 3.60. The summed E-state index contributed by atoms with van der Waals surface area (Å²) in [6.45, 7) is 6.54. The Morgan fingerprint density at radius 1 is 1.19 bits per heavy atom. The first-order chi connectivity index (χ1) is 12.8. The minimum Gasteiger partial charge on any atom is -0.481 e. The van der Waals surface area contributed by atoms with Gasteiger partial charge in [0.15, 0.2) is 5.69 Å². The van der Waals surface area contributed by atoms with E-state index in [0.717, 1.165) is 22.5 Å². The highest BCUT2D eigenvalue weighted by molar-refractivity contribution is 5.93. The minimum atomic E-state index is -1.05. The zero-order chi connectivity index (χ0) is 19.8. The molecule has 0 bridgehead atoms. The lowest BCUT2D eigenvalue weighted by molar-refractivity contribution is -0.151. The van der Waals surface area contributed by atoms with Gasteiger partial charge in [-0.25, -0.2) is 4.68 Å². The van der Waals surface area contributed by atoms with Crippen molar-refractivity contribution in [2.24, 2.45) is 5.41 Å². The molecule has 0 saturated carbocycles. The summed E-state index contributed by atoms with van der Waals surface area (Å²) in [5.41, 5.74) is 3.28. The fourth-order valence-electron chi connectivity index (χ4n) is 3.75. The number of hydrogen-bond acceptors (Lipinski definition) is 4. The Bertz CT molecular complexity index is 869. The maximum absolute atomic E-state index is 12.9. The molecular formula is C20H25N3O4. The van der Waals surface area contributed by atoms with Crippen molar-refractivity contribution < 1.29 is 19.4 Å². The zero-order valence-corrected chi connectivity index (χ0v) is 16.2. The Hall–Kier alpha value is -2.67. The number of amides is 1. The highest BCUT2D eigenvalue weighted by Gasteiger charge is 2.46. The van der Waals surface area contributed by atoms with Gasteiger partial charge in [0, 0.05) is 25.9 Å². The van der Waals surface area contributed by atoms with Gasteiger partial charge in [-0.1, -0.05) is 6.07 Å². The highest BCUT2D eigenvalue weighted by atomic mass is 16.5. The van der Waals surface area contributed by atoms with Crippen molar-refractivity contribution in [1.29, 1.82) is 0 Å². The van der Waals surface area contributed by atoms with Crippen molar-refractivity contribution in [3.63, 3.8) is 0 Å². The maximum Gasteiger partial charge on any atom is 0.313 e. The van der Waals surface area contributed by atoms with Gasteiger partial charge in [0.2, 0.25) is 0 Å². The fraction of sp³-hybridized carbons (Fsp3) is 0.450. The molecule has 1 aliphatic rings. The molecule has 1 aromatic carbocycles. The van der Waals surface area contributed by atoms with Crippen LogP contribution in [0, 0.1) is 26.2 Å². The lowest BCUT2D eigenvalue weighted by Crippen LogP contribution is -2.40. The quantitative estimate of drug-likeness (QED) is 0.872. The predicted molar refractivity (Wildman–Crippen MR) is 100 cm³/mol. The molecule has 1 aromatic heterocycles. The van der Waals surface area contributed by atoms with E-state index in [1.54, 1.807) is 15.6 Å². The number of hydrogen-bond donors (Lipinski definition) is 1. The molecule has 0 radical (unpaired) electrons. The molecule has 2 aromatic rings. The number of aliphatic carboxylic acids is 1. The molecule has 144 valence electrons. The Morgan fingerprint density at radius 3 is 2.44 bits per heavy atom. The van der Waals surface area contributed by atoms with Crippen LogP contribution in [0.3, 0.4) is 0 Å². The van der Waals surface area contributed by atoms with Gasteiger partial charge in [-0.2, -0.15) is 5.10 Å². The minimum absolute atomic E-state index is 0.0855. The molecule has 1 amide bonds. The number of benzene rings is 1. The van der Waals surface area contributed by atoms with Crippen LogP contribution >= 0.6 is 0 Å². The second-order valence-corrected chi connectivity index (χ2v) is 7.42. The summed E-state index contributed by atoms with van der Waals surface area (Å²) in [5, 5.41) is 14.1. The van der Waals surface area contributed by atoms with Gasteiger partial charge in [0.25, 0.3) is 5.91 Å². The summed E-state index contributed by atoms with van der Waals surface area (Å²) in [4.78, 5) is 26.2. The normalized spacial score (nSPS) is 19.5. The number of methoxy groups -OCH3 is 1. The number of carboxylic acid groups (broad SMARTS) is 1. The van der Waals surface area contributed by atoms with E-state index in [0.29, 0.717) is 18.7 Å². The Kier molecular flexibility index (Phi) is 5.06. The first-order valence-electron chi connectivity index (χ1n) is 8.93. The fourth-order valence-corrected chi connectivity index (χ4v) is 3.75. The zero-order valence-electron chi connectivity index (χ0n) is 16.2.